The van der Waals surface area contributed by atoms with Crippen LogP contribution in [0.4, 0.5) is 5.69 Å². The van der Waals surface area contributed by atoms with Gasteiger partial charge in [0.15, 0.2) is 5.65 Å². The van der Waals surface area contributed by atoms with Crippen molar-refractivity contribution in [1.82, 2.24) is 14.8 Å². The summed E-state index contributed by atoms with van der Waals surface area (Å²) in [5.41, 5.74) is 6.84. The van der Waals surface area contributed by atoms with Crippen molar-refractivity contribution in [3.63, 3.8) is 0 Å². The Bertz CT molecular complexity index is 1170. The van der Waals surface area contributed by atoms with E-state index in [1.54, 1.807) is 4.68 Å². The molecule has 4 rings (SSSR count). The quantitative estimate of drug-likeness (QED) is 0.558. The van der Waals surface area contributed by atoms with Gasteiger partial charge in [-0.25, -0.2) is 9.67 Å². The molecule has 0 atom stereocenters. The molecule has 0 aliphatic carbocycles. The second-order valence-corrected chi connectivity index (χ2v) is 7.16. The molecule has 1 amide bonds. The van der Waals surface area contributed by atoms with Crippen molar-refractivity contribution in [2.24, 2.45) is 0 Å². The Morgan fingerprint density at radius 3 is 2.14 bits per heavy atom. The van der Waals surface area contributed by atoms with E-state index in [9.17, 15) is 4.79 Å². The number of amides is 1. The van der Waals surface area contributed by atoms with Crippen LogP contribution < -0.4 is 5.32 Å². The average Bonchev–Trinajstić information content (AvgIpc) is 3.00. The largest absolute Gasteiger partial charge is 0.322 e. The summed E-state index contributed by atoms with van der Waals surface area (Å²) in [5.74, 6) is -0.161. The minimum Gasteiger partial charge on any atom is -0.322 e. The van der Waals surface area contributed by atoms with E-state index in [0.717, 1.165) is 33.7 Å². The lowest BCUT2D eigenvalue weighted by Gasteiger charge is -2.09. The van der Waals surface area contributed by atoms with Crippen LogP contribution in [-0.2, 0) is 0 Å². The third kappa shape index (κ3) is 3.27. The van der Waals surface area contributed by atoms with Crippen molar-refractivity contribution in [3.05, 3.63) is 82.7 Å². The Hall–Kier alpha value is -3.47. The highest BCUT2D eigenvalue weighted by Gasteiger charge is 2.19. The molecule has 0 unspecified atom stereocenters. The molecular formula is C23H22N4O. The van der Waals surface area contributed by atoms with E-state index < -0.39 is 0 Å². The normalized spacial score (nSPS) is 11.0. The summed E-state index contributed by atoms with van der Waals surface area (Å²) in [6, 6.07) is 17.7. The number of anilines is 1. The van der Waals surface area contributed by atoms with Crippen molar-refractivity contribution in [2.45, 2.75) is 27.7 Å². The minimum atomic E-state index is -0.161. The molecule has 4 aromatic rings. The van der Waals surface area contributed by atoms with Crippen LogP contribution in [0.2, 0.25) is 0 Å². The summed E-state index contributed by atoms with van der Waals surface area (Å²) in [5, 5.41) is 8.43. The smallest absolute Gasteiger partial charge is 0.256 e. The third-order valence-corrected chi connectivity index (χ3v) is 4.77. The lowest BCUT2D eigenvalue weighted by molar-refractivity contribution is 0.102. The van der Waals surface area contributed by atoms with Crippen LogP contribution in [0.5, 0.6) is 0 Å². The molecule has 0 aliphatic heterocycles. The first-order valence-corrected chi connectivity index (χ1v) is 9.24. The predicted molar refractivity (Wildman–Crippen MR) is 112 cm³/mol. The highest BCUT2D eigenvalue weighted by molar-refractivity contribution is 6.12. The zero-order valence-corrected chi connectivity index (χ0v) is 16.4. The number of hydrogen-bond acceptors (Lipinski definition) is 3. The first kappa shape index (κ1) is 17.9. The fourth-order valence-electron chi connectivity index (χ4n) is 3.29. The standard InChI is InChI=1S/C23H22N4O/c1-14-5-9-18(10-6-14)25-23(28)20-13-16(3)24-22-21(20)17(4)26-27(22)19-11-7-15(2)8-12-19/h5-13H,1-4H3,(H,25,28). The van der Waals surface area contributed by atoms with Crippen LogP contribution in [0.3, 0.4) is 0 Å². The van der Waals surface area contributed by atoms with E-state index in [4.69, 9.17) is 0 Å². The molecule has 5 nitrogen and oxygen atoms in total. The number of benzene rings is 2. The van der Waals surface area contributed by atoms with Crippen molar-refractivity contribution < 1.29 is 4.79 Å². The van der Waals surface area contributed by atoms with E-state index in [1.807, 2.05) is 82.3 Å². The first-order valence-electron chi connectivity index (χ1n) is 9.24. The molecule has 0 fully saturated rings. The third-order valence-electron chi connectivity index (χ3n) is 4.77. The van der Waals surface area contributed by atoms with Gasteiger partial charge in [-0.2, -0.15) is 5.10 Å². The SMILES string of the molecule is Cc1ccc(NC(=O)c2cc(C)nc3c2c(C)nn3-c2ccc(C)cc2)cc1. The summed E-state index contributed by atoms with van der Waals surface area (Å²) < 4.78 is 1.81. The maximum atomic E-state index is 13.0. The molecule has 1 N–H and O–H groups in total. The van der Waals surface area contributed by atoms with E-state index in [-0.39, 0.29) is 5.91 Å². The molecule has 28 heavy (non-hydrogen) atoms. The highest BCUT2D eigenvalue weighted by Crippen LogP contribution is 2.26. The Kier molecular flexibility index (Phi) is 4.43. The molecule has 0 saturated carbocycles. The zero-order chi connectivity index (χ0) is 19.8. The molecule has 0 radical (unpaired) electrons. The number of nitrogens with one attached hydrogen (secondary N) is 1. The van der Waals surface area contributed by atoms with Crippen LogP contribution in [0.1, 0.15) is 32.9 Å². The summed E-state index contributed by atoms with van der Waals surface area (Å²) >= 11 is 0. The van der Waals surface area contributed by atoms with Gasteiger partial charge in [-0.05, 0) is 58.0 Å². The number of aromatic nitrogens is 3. The second kappa shape index (κ2) is 6.93. The van der Waals surface area contributed by atoms with Gasteiger partial charge in [0.05, 0.1) is 22.3 Å². The lowest BCUT2D eigenvalue weighted by atomic mass is 10.1. The number of hydrogen-bond donors (Lipinski definition) is 1. The topological polar surface area (TPSA) is 59.8 Å². The van der Waals surface area contributed by atoms with Crippen LogP contribution >= 0.6 is 0 Å². The van der Waals surface area contributed by atoms with Crippen LogP contribution in [0.25, 0.3) is 16.7 Å². The summed E-state index contributed by atoms with van der Waals surface area (Å²) in [6.07, 6.45) is 0. The number of nitrogens with zero attached hydrogens (tertiary/aromatic N) is 3. The van der Waals surface area contributed by atoms with E-state index in [2.05, 4.69) is 15.4 Å². The molecule has 0 saturated heterocycles. The zero-order valence-electron chi connectivity index (χ0n) is 16.4. The molecule has 0 spiro atoms. The van der Waals surface area contributed by atoms with Crippen LogP contribution in [0.15, 0.2) is 54.6 Å². The highest BCUT2D eigenvalue weighted by atomic mass is 16.1. The van der Waals surface area contributed by atoms with Crippen molar-refractivity contribution in [1.29, 1.82) is 0 Å². The molecule has 0 aliphatic rings. The Balaban J connectivity index is 1.82. The minimum absolute atomic E-state index is 0.161. The Labute approximate surface area is 164 Å². The number of carbonyl (C=O) groups is 1. The molecule has 2 heterocycles. The van der Waals surface area contributed by atoms with Crippen molar-refractivity contribution in [3.8, 4) is 5.69 Å². The van der Waals surface area contributed by atoms with Crippen LogP contribution in [-0.4, -0.2) is 20.7 Å². The second-order valence-electron chi connectivity index (χ2n) is 7.16. The van der Waals surface area contributed by atoms with E-state index in [0.29, 0.717) is 11.2 Å². The van der Waals surface area contributed by atoms with Gasteiger partial charge in [0, 0.05) is 11.4 Å². The van der Waals surface area contributed by atoms with Gasteiger partial charge in [0.25, 0.3) is 5.91 Å². The monoisotopic (exact) mass is 370 g/mol. The number of fused-ring (bicyclic) bond motifs is 1. The maximum absolute atomic E-state index is 13.0. The van der Waals surface area contributed by atoms with Gasteiger partial charge >= 0.3 is 0 Å². The number of rotatable bonds is 3. The van der Waals surface area contributed by atoms with Gasteiger partial charge < -0.3 is 5.32 Å². The van der Waals surface area contributed by atoms with Gasteiger partial charge in [-0.15, -0.1) is 0 Å². The van der Waals surface area contributed by atoms with E-state index >= 15 is 0 Å². The molecule has 2 aromatic heterocycles. The summed E-state index contributed by atoms with van der Waals surface area (Å²) in [6.45, 7) is 7.87. The van der Waals surface area contributed by atoms with Gasteiger partial charge in [-0.1, -0.05) is 35.4 Å². The molecular weight excluding hydrogens is 348 g/mol. The number of carbonyl (C=O) groups excluding carboxylic acids is 1. The first-order chi connectivity index (χ1) is 13.4. The van der Waals surface area contributed by atoms with Crippen molar-refractivity contribution in [2.75, 3.05) is 5.32 Å². The Morgan fingerprint density at radius 1 is 0.893 bits per heavy atom. The fourth-order valence-corrected chi connectivity index (χ4v) is 3.29. The molecule has 5 heteroatoms. The predicted octanol–water partition coefficient (Wildman–Crippen LogP) is 4.91. The Morgan fingerprint density at radius 2 is 1.50 bits per heavy atom. The average molecular weight is 370 g/mol. The van der Waals surface area contributed by atoms with Crippen molar-refractivity contribution >= 4 is 22.6 Å². The molecule has 2 aromatic carbocycles. The summed E-state index contributed by atoms with van der Waals surface area (Å²) in [4.78, 5) is 17.7. The molecule has 0 bridgehead atoms. The summed E-state index contributed by atoms with van der Waals surface area (Å²) in [7, 11) is 0. The van der Waals surface area contributed by atoms with Crippen LogP contribution in [0, 0.1) is 27.7 Å². The van der Waals surface area contributed by atoms with E-state index in [1.165, 1.54) is 5.56 Å². The fraction of sp³-hybridized carbons (Fsp3) is 0.174. The lowest BCUT2D eigenvalue weighted by Crippen LogP contribution is -2.13. The maximum Gasteiger partial charge on any atom is 0.256 e. The number of aryl methyl sites for hydroxylation is 4. The number of pyridine rings is 1. The van der Waals surface area contributed by atoms with Gasteiger partial charge in [0.2, 0.25) is 0 Å². The van der Waals surface area contributed by atoms with Gasteiger partial charge in [-0.3, -0.25) is 4.79 Å². The molecule has 140 valence electrons. The van der Waals surface area contributed by atoms with Gasteiger partial charge in [0.1, 0.15) is 0 Å².